The van der Waals surface area contributed by atoms with Gasteiger partial charge in [0.15, 0.2) is 0 Å². The molecule has 6 heteroatoms. The first kappa shape index (κ1) is 15.4. The molecule has 1 aliphatic rings. The Hall–Kier alpha value is -0.950. The predicted molar refractivity (Wildman–Crippen MR) is 80.0 cm³/mol. The Morgan fingerprint density at radius 2 is 1.90 bits per heavy atom. The second-order valence-corrected chi connectivity index (χ2v) is 6.73. The molecule has 2 N–H and O–H groups in total. The molecule has 0 amide bonds. The lowest BCUT2D eigenvalue weighted by molar-refractivity contribution is 0.309. The Morgan fingerprint density at radius 3 is 2.60 bits per heavy atom. The van der Waals surface area contributed by atoms with E-state index in [0.717, 1.165) is 38.3 Å². The van der Waals surface area contributed by atoms with Gasteiger partial charge in [0.05, 0.1) is 4.90 Å². The zero-order valence-electron chi connectivity index (χ0n) is 12.1. The molecule has 0 atom stereocenters. The van der Waals surface area contributed by atoms with E-state index in [9.17, 15) is 8.42 Å². The maximum absolute atomic E-state index is 12.2. The van der Waals surface area contributed by atoms with Crippen LogP contribution in [-0.4, -0.2) is 39.5 Å². The molecule has 0 bridgehead atoms. The van der Waals surface area contributed by atoms with Gasteiger partial charge in [-0.2, -0.15) is 0 Å². The van der Waals surface area contributed by atoms with Crippen molar-refractivity contribution in [3.63, 3.8) is 0 Å². The molecule has 112 valence electrons. The van der Waals surface area contributed by atoms with Crippen LogP contribution in [0.3, 0.4) is 0 Å². The Kier molecular flexibility index (Phi) is 5.15. The van der Waals surface area contributed by atoms with Gasteiger partial charge in [0.1, 0.15) is 0 Å². The van der Waals surface area contributed by atoms with Crippen LogP contribution in [0.15, 0.2) is 23.1 Å². The third-order valence-electron chi connectivity index (χ3n) is 3.73. The molecule has 1 aromatic carbocycles. The molecule has 1 aliphatic heterocycles. The summed E-state index contributed by atoms with van der Waals surface area (Å²) in [5.74, 6) is 0. The van der Waals surface area contributed by atoms with E-state index in [0.29, 0.717) is 11.4 Å². The molecule has 20 heavy (non-hydrogen) atoms. The summed E-state index contributed by atoms with van der Waals surface area (Å²) in [5.41, 5.74) is 2.27. The van der Waals surface area contributed by atoms with Gasteiger partial charge >= 0.3 is 0 Å². The van der Waals surface area contributed by atoms with Crippen molar-refractivity contribution in [2.75, 3.05) is 26.2 Å². The number of likely N-dealkylation sites (N-methyl/N-ethyl adjacent to an activating group) is 1. The van der Waals surface area contributed by atoms with Crippen molar-refractivity contribution in [1.29, 1.82) is 0 Å². The monoisotopic (exact) mass is 297 g/mol. The van der Waals surface area contributed by atoms with E-state index < -0.39 is 10.0 Å². The third kappa shape index (κ3) is 3.58. The molecule has 2 rings (SSSR count). The second-order valence-electron chi connectivity index (χ2n) is 4.96. The highest BCUT2D eigenvalue weighted by molar-refractivity contribution is 7.89. The van der Waals surface area contributed by atoms with Crippen LogP contribution in [0.2, 0.25) is 0 Å². The van der Waals surface area contributed by atoms with Gasteiger partial charge < -0.3 is 10.2 Å². The lowest BCUT2D eigenvalue weighted by Crippen LogP contribution is -2.34. The highest BCUT2D eigenvalue weighted by Gasteiger charge is 2.17. The average molecular weight is 297 g/mol. The Bertz CT molecular complexity index is 554. The van der Waals surface area contributed by atoms with Gasteiger partial charge in [-0.25, -0.2) is 13.1 Å². The number of benzene rings is 1. The number of rotatable bonds is 7. The fraction of sp³-hybridized carbons (Fsp3) is 0.571. The van der Waals surface area contributed by atoms with E-state index in [1.54, 1.807) is 12.1 Å². The Labute approximate surface area is 121 Å². The van der Waals surface area contributed by atoms with Gasteiger partial charge in [0.2, 0.25) is 10.0 Å². The summed E-state index contributed by atoms with van der Waals surface area (Å²) in [6.45, 7) is 8.77. The van der Waals surface area contributed by atoms with E-state index in [1.165, 1.54) is 5.56 Å². The van der Waals surface area contributed by atoms with Crippen LogP contribution in [0.4, 0.5) is 0 Å². The number of nitrogens with one attached hydrogen (secondary N) is 2. The number of sulfonamides is 1. The molecular weight excluding hydrogens is 274 g/mol. The first-order valence-corrected chi connectivity index (χ1v) is 8.59. The first-order chi connectivity index (χ1) is 9.56. The summed E-state index contributed by atoms with van der Waals surface area (Å²) >= 11 is 0. The molecule has 0 spiro atoms. The number of hydrogen-bond acceptors (Lipinski definition) is 4. The smallest absolute Gasteiger partial charge is 0.240 e. The molecular formula is C14H23N3O2S. The topological polar surface area (TPSA) is 61.4 Å². The standard InChI is InChI=1S/C14H23N3O2S/c1-3-17(4-2)8-7-16-20(18,19)14-6-5-12-10-15-11-13(12)9-14/h5-6,9,15-16H,3-4,7-8,10-11H2,1-2H3. The zero-order chi connectivity index (χ0) is 14.6. The molecule has 0 saturated carbocycles. The van der Waals surface area contributed by atoms with Crippen molar-refractivity contribution < 1.29 is 8.42 Å². The van der Waals surface area contributed by atoms with Gasteiger partial charge in [-0.3, -0.25) is 0 Å². The lowest BCUT2D eigenvalue weighted by atomic mass is 10.1. The summed E-state index contributed by atoms with van der Waals surface area (Å²) in [4.78, 5) is 2.55. The molecule has 0 unspecified atom stereocenters. The zero-order valence-corrected chi connectivity index (χ0v) is 13.0. The van der Waals surface area contributed by atoms with Gasteiger partial charge in [-0.15, -0.1) is 0 Å². The van der Waals surface area contributed by atoms with E-state index in [-0.39, 0.29) is 0 Å². The van der Waals surface area contributed by atoms with Crippen molar-refractivity contribution in [3.8, 4) is 0 Å². The van der Waals surface area contributed by atoms with Crippen LogP contribution < -0.4 is 10.0 Å². The fourth-order valence-corrected chi connectivity index (χ4v) is 3.47. The summed E-state index contributed by atoms with van der Waals surface area (Å²) in [7, 11) is -3.40. The molecule has 0 saturated heterocycles. The molecule has 0 fully saturated rings. The van der Waals surface area contributed by atoms with Gasteiger partial charge in [-0.05, 0) is 36.3 Å². The normalized spacial score (nSPS) is 14.8. The lowest BCUT2D eigenvalue weighted by Gasteiger charge is -2.18. The predicted octanol–water partition coefficient (Wildman–Crippen LogP) is 0.910. The maximum atomic E-state index is 12.2. The molecule has 1 heterocycles. The molecule has 0 aromatic heterocycles. The Morgan fingerprint density at radius 1 is 1.20 bits per heavy atom. The minimum absolute atomic E-state index is 0.361. The van der Waals surface area contributed by atoms with Crippen LogP contribution in [-0.2, 0) is 23.1 Å². The van der Waals surface area contributed by atoms with E-state index in [4.69, 9.17) is 0 Å². The highest BCUT2D eigenvalue weighted by atomic mass is 32.2. The van der Waals surface area contributed by atoms with E-state index in [2.05, 4.69) is 28.8 Å². The fourth-order valence-electron chi connectivity index (χ4n) is 2.40. The molecule has 0 aliphatic carbocycles. The number of fused-ring (bicyclic) bond motifs is 1. The first-order valence-electron chi connectivity index (χ1n) is 7.11. The van der Waals surface area contributed by atoms with Crippen molar-refractivity contribution >= 4 is 10.0 Å². The van der Waals surface area contributed by atoms with Gasteiger partial charge in [-0.1, -0.05) is 19.9 Å². The maximum Gasteiger partial charge on any atom is 0.240 e. The minimum Gasteiger partial charge on any atom is -0.309 e. The van der Waals surface area contributed by atoms with E-state index in [1.807, 2.05) is 6.07 Å². The summed E-state index contributed by atoms with van der Waals surface area (Å²) < 4.78 is 27.2. The van der Waals surface area contributed by atoms with Crippen molar-refractivity contribution in [1.82, 2.24) is 14.9 Å². The van der Waals surface area contributed by atoms with Crippen LogP contribution in [0.5, 0.6) is 0 Å². The summed E-state index contributed by atoms with van der Waals surface area (Å²) in [6, 6.07) is 5.36. The molecule has 1 aromatic rings. The van der Waals surface area contributed by atoms with Crippen LogP contribution >= 0.6 is 0 Å². The van der Waals surface area contributed by atoms with Gasteiger partial charge in [0, 0.05) is 26.2 Å². The van der Waals surface area contributed by atoms with E-state index >= 15 is 0 Å². The van der Waals surface area contributed by atoms with Crippen LogP contribution in [0.1, 0.15) is 25.0 Å². The summed E-state index contributed by atoms with van der Waals surface area (Å²) in [5, 5.41) is 3.22. The van der Waals surface area contributed by atoms with Crippen molar-refractivity contribution in [2.45, 2.75) is 31.8 Å². The van der Waals surface area contributed by atoms with Crippen molar-refractivity contribution in [2.24, 2.45) is 0 Å². The highest BCUT2D eigenvalue weighted by Crippen LogP contribution is 2.19. The van der Waals surface area contributed by atoms with Crippen molar-refractivity contribution in [3.05, 3.63) is 29.3 Å². The third-order valence-corrected chi connectivity index (χ3v) is 5.19. The quantitative estimate of drug-likeness (QED) is 0.785. The Balaban J connectivity index is 2.00. The van der Waals surface area contributed by atoms with Crippen LogP contribution in [0, 0.1) is 0 Å². The molecule has 0 radical (unpaired) electrons. The average Bonchev–Trinajstić information content (AvgIpc) is 2.91. The second kappa shape index (κ2) is 6.67. The largest absolute Gasteiger partial charge is 0.309 e. The van der Waals surface area contributed by atoms with Gasteiger partial charge in [0.25, 0.3) is 0 Å². The minimum atomic E-state index is -3.40. The molecule has 5 nitrogen and oxygen atoms in total. The summed E-state index contributed by atoms with van der Waals surface area (Å²) in [6.07, 6.45) is 0. The number of hydrogen-bond donors (Lipinski definition) is 2. The SMILES string of the molecule is CCN(CC)CCNS(=O)(=O)c1ccc2c(c1)CNC2. The number of nitrogens with zero attached hydrogens (tertiary/aromatic N) is 1. The van der Waals surface area contributed by atoms with Crippen LogP contribution in [0.25, 0.3) is 0 Å².